The van der Waals surface area contributed by atoms with Gasteiger partial charge in [0, 0.05) is 29.0 Å². The number of anilines is 1. The van der Waals surface area contributed by atoms with E-state index >= 15 is 0 Å². The molecule has 0 aliphatic carbocycles. The molecule has 2 aromatic carbocycles. The van der Waals surface area contributed by atoms with Crippen LogP contribution in [0.1, 0.15) is 16.1 Å². The Bertz CT molecular complexity index is 1300. The van der Waals surface area contributed by atoms with Crippen LogP contribution in [0.4, 0.5) is 5.69 Å². The van der Waals surface area contributed by atoms with Crippen molar-refractivity contribution in [1.29, 1.82) is 0 Å². The van der Waals surface area contributed by atoms with Crippen LogP contribution in [0.2, 0.25) is 0 Å². The fourth-order valence-corrected chi connectivity index (χ4v) is 3.27. The average molecular weight is 367 g/mol. The molecule has 5 heteroatoms. The lowest BCUT2D eigenvalue weighted by atomic mass is 10.1. The maximum atomic E-state index is 12.6. The van der Waals surface area contributed by atoms with Gasteiger partial charge in [0.15, 0.2) is 5.76 Å². The average Bonchev–Trinajstić information content (AvgIpc) is 3.32. The van der Waals surface area contributed by atoms with Crippen molar-refractivity contribution in [3.05, 3.63) is 90.4 Å². The quantitative estimate of drug-likeness (QED) is 0.470. The number of carbonyl (C=O) groups is 1. The largest absolute Gasteiger partial charge is 0.451 e. The summed E-state index contributed by atoms with van der Waals surface area (Å²) in [6.07, 6.45) is 3.98. The van der Waals surface area contributed by atoms with E-state index in [1.165, 1.54) is 0 Å². The first-order chi connectivity index (χ1) is 13.7. The number of nitrogens with one attached hydrogen (secondary N) is 1. The number of imidazole rings is 1. The number of aryl methyl sites for hydroxylation is 1. The molecule has 1 N–H and O–H groups in total. The van der Waals surface area contributed by atoms with E-state index in [1.54, 1.807) is 6.07 Å². The minimum absolute atomic E-state index is 0.279. The summed E-state index contributed by atoms with van der Waals surface area (Å²) in [5.74, 6) is 0.00813. The van der Waals surface area contributed by atoms with Gasteiger partial charge in [-0.15, -0.1) is 0 Å². The zero-order valence-corrected chi connectivity index (χ0v) is 15.2. The van der Waals surface area contributed by atoms with Crippen molar-refractivity contribution in [2.75, 3.05) is 5.32 Å². The lowest BCUT2D eigenvalue weighted by Gasteiger charge is -2.05. The molecular formula is C23H17N3O2. The summed E-state index contributed by atoms with van der Waals surface area (Å²) in [7, 11) is 0. The number of aromatic nitrogens is 2. The first-order valence-corrected chi connectivity index (χ1v) is 9.01. The lowest BCUT2D eigenvalue weighted by Crippen LogP contribution is -2.10. The zero-order valence-electron chi connectivity index (χ0n) is 15.2. The molecule has 3 aromatic heterocycles. The van der Waals surface area contributed by atoms with Gasteiger partial charge < -0.3 is 14.1 Å². The van der Waals surface area contributed by atoms with E-state index < -0.39 is 0 Å². The normalized spacial score (nSPS) is 11.2. The molecule has 5 aromatic rings. The van der Waals surface area contributed by atoms with Gasteiger partial charge in [-0.1, -0.05) is 30.3 Å². The lowest BCUT2D eigenvalue weighted by molar-refractivity contribution is 0.0998. The number of hydrogen-bond donors (Lipinski definition) is 1. The first kappa shape index (κ1) is 16.3. The van der Waals surface area contributed by atoms with E-state index in [9.17, 15) is 4.79 Å². The number of para-hydroxylation sites is 1. The monoisotopic (exact) mass is 367 g/mol. The van der Waals surface area contributed by atoms with Crippen molar-refractivity contribution >= 4 is 28.2 Å². The van der Waals surface area contributed by atoms with Gasteiger partial charge in [-0.3, -0.25) is 4.79 Å². The predicted molar refractivity (Wildman–Crippen MR) is 110 cm³/mol. The first-order valence-electron chi connectivity index (χ1n) is 9.01. The van der Waals surface area contributed by atoms with Gasteiger partial charge in [0.25, 0.3) is 5.91 Å². The van der Waals surface area contributed by atoms with Gasteiger partial charge in [-0.25, -0.2) is 4.98 Å². The minimum Gasteiger partial charge on any atom is -0.451 e. The van der Waals surface area contributed by atoms with Crippen LogP contribution in [0.15, 0.2) is 83.5 Å². The number of benzene rings is 2. The summed E-state index contributed by atoms with van der Waals surface area (Å²) < 4.78 is 7.63. The molecule has 0 radical (unpaired) electrons. The Balaban J connectivity index is 1.43. The second kappa shape index (κ2) is 6.39. The third kappa shape index (κ3) is 2.93. The number of fused-ring (bicyclic) bond motifs is 2. The summed E-state index contributed by atoms with van der Waals surface area (Å²) >= 11 is 0. The summed E-state index contributed by atoms with van der Waals surface area (Å²) in [5.41, 5.74) is 5.23. The summed E-state index contributed by atoms with van der Waals surface area (Å²) in [4.78, 5) is 17.3. The van der Waals surface area contributed by atoms with Crippen LogP contribution in [0.3, 0.4) is 0 Å². The Morgan fingerprint density at radius 1 is 1.04 bits per heavy atom. The van der Waals surface area contributed by atoms with Crippen LogP contribution >= 0.6 is 0 Å². The van der Waals surface area contributed by atoms with E-state index in [1.807, 2.05) is 84.4 Å². The molecule has 5 nitrogen and oxygen atoms in total. The molecule has 0 unspecified atom stereocenters. The fraction of sp³-hybridized carbons (Fsp3) is 0.0435. The molecule has 0 bridgehead atoms. The Hall–Kier alpha value is -3.86. The van der Waals surface area contributed by atoms with Gasteiger partial charge in [-0.2, -0.15) is 0 Å². The highest BCUT2D eigenvalue weighted by Crippen LogP contribution is 2.24. The van der Waals surface area contributed by atoms with Gasteiger partial charge >= 0.3 is 0 Å². The van der Waals surface area contributed by atoms with Crippen molar-refractivity contribution in [2.45, 2.75) is 6.92 Å². The minimum atomic E-state index is -0.279. The molecule has 28 heavy (non-hydrogen) atoms. The third-order valence-electron chi connectivity index (χ3n) is 4.68. The van der Waals surface area contributed by atoms with E-state index in [-0.39, 0.29) is 11.7 Å². The topological polar surface area (TPSA) is 59.5 Å². The van der Waals surface area contributed by atoms with Crippen molar-refractivity contribution in [1.82, 2.24) is 9.38 Å². The number of rotatable bonds is 3. The van der Waals surface area contributed by atoms with Crippen molar-refractivity contribution in [3.63, 3.8) is 0 Å². The number of carbonyl (C=O) groups excluding carboxylic acids is 1. The number of furan rings is 1. The van der Waals surface area contributed by atoms with Crippen LogP contribution in [0, 0.1) is 6.92 Å². The maximum absolute atomic E-state index is 12.6. The van der Waals surface area contributed by atoms with Gasteiger partial charge in [0.2, 0.25) is 0 Å². The smallest absolute Gasteiger partial charge is 0.291 e. The highest BCUT2D eigenvalue weighted by molar-refractivity contribution is 6.04. The molecule has 0 fully saturated rings. The SMILES string of the molecule is Cc1ccn2cc(-c3cccc(NC(=O)c4cc5ccccc5o4)c3)nc2c1. The number of nitrogens with zero attached hydrogens (tertiary/aromatic N) is 2. The molecule has 0 aliphatic heterocycles. The van der Waals surface area contributed by atoms with E-state index in [2.05, 4.69) is 10.3 Å². The van der Waals surface area contributed by atoms with Crippen molar-refractivity contribution in [2.24, 2.45) is 0 Å². The molecule has 5 rings (SSSR count). The molecule has 3 heterocycles. The molecule has 0 aliphatic rings. The van der Waals surface area contributed by atoms with E-state index in [0.717, 1.165) is 27.9 Å². The molecular weight excluding hydrogens is 350 g/mol. The molecule has 1 amide bonds. The van der Waals surface area contributed by atoms with Crippen LogP contribution in [0.25, 0.3) is 27.9 Å². The molecule has 0 atom stereocenters. The third-order valence-corrected chi connectivity index (χ3v) is 4.68. The summed E-state index contributed by atoms with van der Waals surface area (Å²) in [6.45, 7) is 2.04. The standard InChI is InChI=1S/C23H17N3O2/c1-15-9-10-26-14-19(25-22(26)11-15)16-6-4-7-18(12-16)24-23(27)21-13-17-5-2-3-8-20(17)28-21/h2-14H,1H3,(H,24,27). The Labute approximate surface area is 161 Å². The Morgan fingerprint density at radius 3 is 2.82 bits per heavy atom. The Morgan fingerprint density at radius 2 is 1.93 bits per heavy atom. The predicted octanol–water partition coefficient (Wildman–Crippen LogP) is 5.31. The van der Waals surface area contributed by atoms with Crippen molar-refractivity contribution < 1.29 is 9.21 Å². The maximum Gasteiger partial charge on any atom is 0.291 e. The Kier molecular flexibility index (Phi) is 3.72. The number of pyridine rings is 1. The van der Waals surface area contributed by atoms with Gasteiger partial charge in [0.05, 0.1) is 5.69 Å². The van der Waals surface area contributed by atoms with Gasteiger partial charge in [0.1, 0.15) is 11.2 Å². The summed E-state index contributed by atoms with van der Waals surface area (Å²) in [5, 5.41) is 3.81. The number of hydrogen-bond acceptors (Lipinski definition) is 3. The van der Waals surface area contributed by atoms with Gasteiger partial charge in [-0.05, 0) is 48.9 Å². The zero-order chi connectivity index (χ0) is 19.1. The molecule has 136 valence electrons. The second-order valence-electron chi connectivity index (χ2n) is 6.78. The van der Waals surface area contributed by atoms with Crippen LogP contribution in [-0.4, -0.2) is 15.3 Å². The van der Waals surface area contributed by atoms with Crippen LogP contribution in [-0.2, 0) is 0 Å². The number of amides is 1. The van der Waals surface area contributed by atoms with E-state index in [0.29, 0.717) is 11.3 Å². The van der Waals surface area contributed by atoms with Crippen LogP contribution < -0.4 is 5.32 Å². The fourth-order valence-electron chi connectivity index (χ4n) is 3.27. The molecule has 0 saturated carbocycles. The molecule has 0 saturated heterocycles. The second-order valence-corrected chi connectivity index (χ2v) is 6.78. The molecule has 0 spiro atoms. The highest BCUT2D eigenvalue weighted by Gasteiger charge is 2.13. The van der Waals surface area contributed by atoms with E-state index in [4.69, 9.17) is 4.42 Å². The highest BCUT2D eigenvalue weighted by atomic mass is 16.3. The van der Waals surface area contributed by atoms with Crippen LogP contribution in [0.5, 0.6) is 0 Å². The summed E-state index contributed by atoms with van der Waals surface area (Å²) in [6, 6.07) is 21.0. The van der Waals surface area contributed by atoms with Crippen molar-refractivity contribution in [3.8, 4) is 11.3 Å².